The summed E-state index contributed by atoms with van der Waals surface area (Å²) >= 11 is 0. The molecule has 0 bridgehead atoms. The molecule has 0 aliphatic rings. The van der Waals surface area contributed by atoms with E-state index in [4.69, 9.17) is 11.6 Å². The third-order valence-corrected chi connectivity index (χ3v) is 2.17. The van der Waals surface area contributed by atoms with Crippen LogP contribution in [0.1, 0.15) is 0 Å². The molecule has 9 heteroatoms. The van der Waals surface area contributed by atoms with Gasteiger partial charge in [-0.05, 0) is 0 Å². The number of aromatic amines is 1. The minimum absolute atomic E-state index is 0.0430. The predicted molar refractivity (Wildman–Crippen MR) is 62.0 cm³/mol. The Morgan fingerprint density at radius 2 is 2.35 bits per heavy atom. The van der Waals surface area contributed by atoms with Crippen LogP contribution in [0, 0.1) is 0 Å². The van der Waals surface area contributed by atoms with Crippen molar-refractivity contribution in [1.82, 2.24) is 20.2 Å². The second kappa shape index (κ2) is 4.22. The van der Waals surface area contributed by atoms with Gasteiger partial charge in [0, 0.05) is 7.05 Å². The number of hydrogen-bond donors (Lipinski definition) is 4. The van der Waals surface area contributed by atoms with Gasteiger partial charge in [-0.3, -0.25) is 15.3 Å². The number of fused-ring (bicyclic) bond motifs is 1. The Bertz CT molecular complexity index is 549. The minimum Gasteiger partial charge on any atom is -0.368 e. The molecule has 0 spiro atoms. The maximum absolute atomic E-state index is 10.9. The highest BCUT2D eigenvalue weighted by Gasteiger charge is 2.14. The van der Waals surface area contributed by atoms with Crippen molar-refractivity contribution in [2.45, 2.75) is 0 Å². The summed E-state index contributed by atoms with van der Waals surface area (Å²) in [5.41, 5.74) is 8.00. The molecule has 0 fully saturated rings. The zero-order valence-electron chi connectivity index (χ0n) is 9.14. The first-order valence-corrected chi connectivity index (χ1v) is 4.79. The molecule has 0 aliphatic heterocycles. The van der Waals surface area contributed by atoms with Crippen LogP contribution in [0.4, 0.5) is 11.8 Å². The molecule has 2 aromatic rings. The molecule has 2 aromatic heterocycles. The van der Waals surface area contributed by atoms with Gasteiger partial charge in [-0.25, -0.2) is 5.84 Å². The monoisotopic (exact) mass is 236 g/mol. The highest BCUT2D eigenvalue weighted by molar-refractivity contribution is 5.89. The summed E-state index contributed by atoms with van der Waals surface area (Å²) in [4.78, 5) is 20.7. The Labute approximate surface area is 96.2 Å². The van der Waals surface area contributed by atoms with Crippen molar-refractivity contribution in [1.29, 1.82) is 0 Å². The largest absolute Gasteiger partial charge is 0.368 e. The van der Waals surface area contributed by atoms with E-state index in [1.165, 1.54) is 0 Å². The first-order chi connectivity index (χ1) is 8.11. The second-order valence-corrected chi connectivity index (χ2v) is 3.47. The fourth-order valence-corrected chi connectivity index (χ4v) is 1.48. The first kappa shape index (κ1) is 11.1. The number of primary amides is 1. The summed E-state index contributed by atoms with van der Waals surface area (Å²) in [6.07, 6.45) is 1.57. The first-order valence-electron chi connectivity index (χ1n) is 4.79. The number of carbonyl (C=O) groups excluding carboxylic acids is 1. The number of amides is 1. The molecule has 0 saturated carbocycles. The smallest absolute Gasteiger partial charge is 0.241 e. The highest BCUT2D eigenvalue weighted by atomic mass is 16.1. The number of nitrogens with two attached hydrogens (primary N) is 2. The molecular formula is C8H12N8O. The van der Waals surface area contributed by atoms with Crippen LogP contribution in [0.5, 0.6) is 0 Å². The van der Waals surface area contributed by atoms with Crippen LogP contribution >= 0.6 is 0 Å². The van der Waals surface area contributed by atoms with Crippen molar-refractivity contribution in [3.63, 3.8) is 0 Å². The lowest BCUT2D eigenvalue weighted by Crippen LogP contribution is -2.31. The molecule has 1 amide bonds. The third kappa shape index (κ3) is 2.08. The number of aromatic nitrogens is 4. The summed E-state index contributed by atoms with van der Waals surface area (Å²) in [5, 5.41) is 7.25. The average Bonchev–Trinajstić information content (AvgIpc) is 2.74. The number of nitrogens with one attached hydrogen (secondary N) is 2. The summed E-state index contributed by atoms with van der Waals surface area (Å²) in [6, 6.07) is 0. The zero-order chi connectivity index (χ0) is 12.4. The number of H-pyrrole nitrogens is 1. The van der Waals surface area contributed by atoms with Crippen molar-refractivity contribution in [2.24, 2.45) is 11.6 Å². The van der Waals surface area contributed by atoms with Gasteiger partial charge in [0.2, 0.25) is 11.9 Å². The molecule has 6 N–H and O–H groups in total. The van der Waals surface area contributed by atoms with Crippen LogP contribution in [-0.2, 0) is 4.79 Å². The maximum atomic E-state index is 10.9. The van der Waals surface area contributed by atoms with Crippen molar-refractivity contribution in [3.8, 4) is 0 Å². The Hall–Kier alpha value is -2.42. The fraction of sp³-hybridized carbons (Fsp3) is 0.250. The molecule has 0 radical (unpaired) electrons. The van der Waals surface area contributed by atoms with E-state index in [1.807, 2.05) is 0 Å². The molecule has 9 nitrogen and oxygen atoms in total. The standard InChI is InChI=1S/C8H12N8O/c1-16(3-5(9)17)7-4-2-11-15-6(4)12-8(13-7)14-10/h2H,3,10H2,1H3,(H2,9,17)(H2,11,12,13,14,15). The Morgan fingerprint density at radius 3 is 3.00 bits per heavy atom. The highest BCUT2D eigenvalue weighted by Crippen LogP contribution is 2.22. The number of anilines is 2. The lowest BCUT2D eigenvalue weighted by atomic mass is 10.3. The van der Waals surface area contributed by atoms with Crippen LogP contribution in [0.15, 0.2) is 6.20 Å². The van der Waals surface area contributed by atoms with Gasteiger partial charge in [0.1, 0.15) is 5.82 Å². The number of nitrogens with zero attached hydrogens (tertiary/aromatic N) is 4. The number of likely N-dealkylation sites (N-methyl/N-ethyl adjacent to an activating group) is 1. The van der Waals surface area contributed by atoms with Crippen molar-refractivity contribution >= 4 is 28.7 Å². The summed E-state index contributed by atoms with van der Waals surface area (Å²) < 4.78 is 0. The van der Waals surface area contributed by atoms with E-state index in [1.54, 1.807) is 18.1 Å². The average molecular weight is 236 g/mol. The number of nitrogen functional groups attached to an aromatic ring is 1. The Morgan fingerprint density at radius 1 is 1.59 bits per heavy atom. The molecule has 0 atom stereocenters. The molecule has 2 rings (SSSR count). The molecule has 0 aromatic carbocycles. The van der Waals surface area contributed by atoms with Crippen LogP contribution in [0.25, 0.3) is 11.0 Å². The van der Waals surface area contributed by atoms with E-state index in [2.05, 4.69) is 25.6 Å². The topological polar surface area (TPSA) is 139 Å². The summed E-state index contributed by atoms with van der Waals surface area (Å²) in [7, 11) is 1.69. The van der Waals surface area contributed by atoms with Crippen molar-refractivity contribution in [2.75, 3.05) is 23.9 Å². The molecular weight excluding hydrogens is 224 g/mol. The minimum atomic E-state index is -0.454. The molecule has 0 aliphatic carbocycles. The maximum Gasteiger partial charge on any atom is 0.241 e. The number of hydrogen-bond acceptors (Lipinski definition) is 7. The SMILES string of the molecule is CN(CC(N)=O)c1nc(NN)nc2[nH]ncc12. The molecule has 0 unspecified atom stereocenters. The molecule has 0 saturated heterocycles. The third-order valence-electron chi connectivity index (χ3n) is 2.17. The van der Waals surface area contributed by atoms with E-state index in [9.17, 15) is 4.79 Å². The zero-order valence-corrected chi connectivity index (χ0v) is 9.14. The van der Waals surface area contributed by atoms with Gasteiger partial charge < -0.3 is 10.6 Å². The number of rotatable bonds is 4. The van der Waals surface area contributed by atoms with Gasteiger partial charge in [-0.2, -0.15) is 15.1 Å². The fourth-order valence-electron chi connectivity index (χ4n) is 1.48. The van der Waals surface area contributed by atoms with Crippen LogP contribution in [0.3, 0.4) is 0 Å². The van der Waals surface area contributed by atoms with Gasteiger partial charge in [0.25, 0.3) is 0 Å². The van der Waals surface area contributed by atoms with Gasteiger partial charge in [-0.1, -0.05) is 0 Å². The van der Waals surface area contributed by atoms with Gasteiger partial charge in [0.15, 0.2) is 5.65 Å². The Kier molecular flexibility index (Phi) is 2.75. The Balaban J connectivity index is 2.49. The number of carbonyl (C=O) groups is 1. The van der Waals surface area contributed by atoms with Crippen molar-refractivity contribution < 1.29 is 4.79 Å². The van der Waals surface area contributed by atoms with E-state index in [0.29, 0.717) is 16.9 Å². The quantitative estimate of drug-likeness (QED) is 0.376. The van der Waals surface area contributed by atoms with E-state index in [-0.39, 0.29) is 12.5 Å². The summed E-state index contributed by atoms with van der Waals surface area (Å²) in [5.74, 6) is 5.56. The van der Waals surface area contributed by atoms with Gasteiger partial charge >= 0.3 is 0 Å². The molecule has 2 heterocycles. The lowest BCUT2D eigenvalue weighted by Gasteiger charge is -2.17. The second-order valence-electron chi connectivity index (χ2n) is 3.47. The van der Waals surface area contributed by atoms with Crippen LogP contribution in [-0.4, -0.2) is 39.7 Å². The lowest BCUT2D eigenvalue weighted by molar-refractivity contribution is -0.116. The van der Waals surface area contributed by atoms with Crippen LogP contribution < -0.4 is 21.9 Å². The van der Waals surface area contributed by atoms with E-state index < -0.39 is 5.91 Å². The number of hydrazine groups is 1. The van der Waals surface area contributed by atoms with Crippen LogP contribution in [0.2, 0.25) is 0 Å². The van der Waals surface area contributed by atoms with E-state index in [0.717, 1.165) is 0 Å². The van der Waals surface area contributed by atoms with E-state index >= 15 is 0 Å². The molecule has 17 heavy (non-hydrogen) atoms. The summed E-state index contributed by atoms with van der Waals surface area (Å²) in [6.45, 7) is 0.0430. The van der Waals surface area contributed by atoms with Crippen molar-refractivity contribution in [3.05, 3.63) is 6.20 Å². The normalized spacial score (nSPS) is 10.5. The van der Waals surface area contributed by atoms with Gasteiger partial charge in [0.05, 0.1) is 18.1 Å². The predicted octanol–water partition coefficient (Wildman–Crippen LogP) is -1.44. The molecule has 90 valence electrons. The van der Waals surface area contributed by atoms with Gasteiger partial charge in [-0.15, -0.1) is 0 Å².